The molecule has 22 heavy (non-hydrogen) atoms. The van der Waals surface area contributed by atoms with Crippen molar-refractivity contribution < 1.29 is 4.79 Å². The number of carbonyl (C=O) groups excluding carboxylic acids is 1. The van der Waals surface area contributed by atoms with Crippen LogP contribution in [0, 0.1) is 0 Å². The van der Waals surface area contributed by atoms with Gasteiger partial charge in [-0.1, -0.05) is 6.07 Å². The Kier molecular flexibility index (Phi) is 2.59. The number of hydrogen-bond donors (Lipinski definition) is 3. The summed E-state index contributed by atoms with van der Waals surface area (Å²) in [6.07, 6.45) is 3.28. The fourth-order valence-electron chi connectivity index (χ4n) is 2.43. The van der Waals surface area contributed by atoms with Crippen molar-refractivity contribution >= 4 is 28.1 Å². The van der Waals surface area contributed by atoms with Crippen molar-refractivity contribution in [2.75, 3.05) is 5.32 Å². The molecule has 4 aromatic rings. The van der Waals surface area contributed by atoms with Crippen LogP contribution in [-0.2, 0) is 0 Å². The molecule has 3 aromatic heterocycles. The number of carbonyl (C=O) groups is 1. The third-order valence-electron chi connectivity index (χ3n) is 3.52. The van der Waals surface area contributed by atoms with Gasteiger partial charge in [0.25, 0.3) is 5.91 Å². The Bertz CT molecular complexity index is 1060. The van der Waals surface area contributed by atoms with Crippen LogP contribution in [0.3, 0.4) is 0 Å². The number of anilines is 1. The molecule has 0 saturated heterocycles. The van der Waals surface area contributed by atoms with E-state index in [0.29, 0.717) is 16.9 Å². The first-order chi connectivity index (χ1) is 10.7. The fourth-order valence-corrected chi connectivity index (χ4v) is 2.43. The maximum absolute atomic E-state index is 12.4. The molecule has 0 aliphatic carbocycles. The number of benzene rings is 1. The van der Waals surface area contributed by atoms with E-state index in [0.717, 1.165) is 10.9 Å². The summed E-state index contributed by atoms with van der Waals surface area (Å²) in [5.74, 6) is -0.288. The zero-order valence-electron chi connectivity index (χ0n) is 11.3. The maximum Gasteiger partial charge on any atom is 0.347 e. The minimum Gasteiger partial charge on any atom is -0.361 e. The molecule has 108 valence electrons. The molecule has 0 spiro atoms. The second-order valence-electron chi connectivity index (χ2n) is 4.87. The van der Waals surface area contributed by atoms with Crippen LogP contribution >= 0.6 is 0 Å². The number of aromatic amines is 2. The van der Waals surface area contributed by atoms with Crippen LogP contribution in [-0.4, -0.2) is 25.5 Å². The monoisotopic (exact) mass is 293 g/mol. The Hall–Kier alpha value is -3.35. The van der Waals surface area contributed by atoms with Crippen molar-refractivity contribution in [3.8, 4) is 0 Å². The summed E-state index contributed by atoms with van der Waals surface area (Å²) in [4.78, 5) is 27.0. The molecule has 7 nitrogen and oxygen atoms in total. The van der Waals surface area contributed by atoms with E-state index in [4.69, 9.17) is 0 Å². The Morgan fingerprint density at radius 1 is 1.18 bits per heavy atom. The molecule has 0 saturated carbocycles. The second kappa shape index (κ2) is 4.59. The number of fused-ring (bicyclic) bond motifs is 2. The predicted molar refractivity (Wildman–Crippen MR) is 82.1 cm³/mol. The van der Waals surface area contributed by atoms with Gasteiger partial charge in [-0.25, -0.2) is 14.3 Å². The zero-order valence-corrected chi connectivity index (χ0v) is 11.3. The lowest BCUT2D eigenvalue weighted by atomic mass is 10.2. The van der Waals surface area contributed by atoms with Crippen molar-refractivity contribution in [3.63, 3.8) is 0 Å². The summed E-state index contributed by atoms with van der Waals surface area (Å²) in [6.45, 7) is 0. The Morgan fingerprint density at radius 3 is 3.00 bits per heavy atom. The van der Waals surface area contributed by atoms with Crippen LogP contribution in [0.25, 0.3) is 16.6 Å². The standard InChI is InChI=1S/C15H11N5O2/c21-14(9-4-5-13-18-19-15(22)20(13)8-9)17-12-3-1-2-11-10(12)6-7-16-11/h1-8,16H,(H,17,21)(H,19,22). The normalized spacial score (nSPS) is 11.1. The highest BCUT2D eigenvalue weighted by Crippen LogP contribution is 2.22. The number of amides is 1. The second-order valence-corrected chi connectivity index (χ2v) is 4.87. The molecule has 0 unspecified atom stereocenters. The van der Waals surface area contributed by atoms with Crippen LogP contribution in [0.5, 0.6) is 0 Å². The van der Waals surface area contributed by atoms with Crippen molar-refractivity contribution in [2.45, 2.75) is 0 Å². The molecular formula is C15H11N5O2. The predicted octanol–water partition coefficient (Wildman–Crippen LogP) is 1.76. The molecule has 3 heterocycles. The summed E-state index contributed by atoms with van der Waals surface area (Å²) >= 11 is 0. The summed E-state index contributed by atoms with van der Waals surface area (Å²) in [6, 6.07) is 10.8. The largest absolute Gasteiger partial charge is 0.361 e. The van der Waals surface area contributed by atoms with Gasteiger partial charge in [-0.05, 0) is 30.3 Å². The van der Waals surface area contributed by atoms with Crippen molar-refractivity contribution in [2.24, 2.45) is 0 Å². The fraction of sp³-hybridized carbons (Fsp3) is 0. The molecule has 4 rings (SSSR count). The first kappa shape index (κ1) is 12.4. The third kappa shape index (κ3) is 1.87. The lowest BCUT2D eigenvalue weighted by Crippen LogP contribution is -2.15. The summed E-state index contributed by atoms with van der Waals surface area (Å²) in [5, 5.41) is 9.95. The van der Waals surface area contributed by atoms with Gasteiger partial charge in [0.15, 0.2) is 5.65 Å². The van der Waals surface area contributed by atoms with Crippen LogP contribution in [0.15, 0.2) is 53.6 Å². The zero-order chi connectivity index (χ0) is 15.1. The third-order valence-corrected chi connectivity index (χ3v) is 3.52. The number of nitrogens with one attached hydrogen (secondary N) is 3. The molecular weight excluding hydrogens is 282 g/mol. The highest BCUT2D eigenvalue weighted by molar-refractivity contribution is 6.08. The van der Waals surface area contributed by atoms with Gasteiger partial charge < -0.3 is 10.3 Å². The molecule has 0 fully saturated rings. The van der Waals surface area contributed by atoms with Crippen LogP contribution in [0.4, 0.5) is 5.69 Å². The molecule has 0 aliphatic heterocycles. The molecule has 0 radical (unpaired) electrons. The minimum atomic E-state index is -0.377. The molecule has 0 aliphatic rings. The van der Waals surface area contributed by atoms with E-state index >= 15 is 0 Å². The summed E-state index contributed by atoms with van der Waals surface area (Å²) in [5.41, 5.74) is 2.12. The van der Waals surface area contributed by atoms with Gasteiger partial charge in [0.05, 0.1) is 11.3 Å². The van der Waals surface area contributed by atoms with Gasteiger partial charge in [-0.2, -0.15) is 5.10 Å². The van der Waals surface area contributed by atoms with E-state index in [-0.39, 0.29) is 11.6 Å². The first-order valence-corrected chi connectivity index (χ1v) is 6.66. The lowest BCUT2D eigenvalue weighted by Gasteiger charge is -2.06. The lowest BCUT2D eigenvalue weighted by molar-refractivity contribution is 0.102. The highest BCUT2D eigenvalue weighted by Gasteiger charge is 2.10. The first-order valence-electron chi connectivity index (χ1n) is 6.66. The molecule has 0 bridgehead atoms. The Morgan fingerprint density at radius 2 is 2.09 bits per heavy atom. The number of hydrogen-bond acceptors (Lipinski definition) is 3. The quantitative estimate of drug-likeness (QED) is 0.525. The minimum absolute atomic E-state index is 0.288. The maximum atomic E-state index is 12.4. The molecule has 1 amide bonds. The van der Waals surface area contributed by atoms with Crippen molar-refractivity contribution in [3.05, 3.63) is 64.8 Å². The SMILES string of the molecule is O=C(Nc1cccc2[nH]ccc12)c1ccc2n[nH]c(=O)n2c1. The average molecular weight is 293 g/mol. The van der Waals surface area contributed by atoms with E-state index in [1.807, 2.05) is 30.5 Å². The Balaban J connectivity index is 1.72. The summed E-state index contributed by atoms with van der Waals surface area (Å²) < 4.78 is 1.30. The van der Waals surface area contributed by atoms with Crippen LogP contribution < -0.4 is 11.0 Å². The van der Waals surface area contributed by atoms with E-state index in [9.17, 15) is 9.59 Å². The van der Waals surface area contributed by atoms with Crippen LogP contribution in [0.2, 0.25) is 0 Å². The molecule has 0 atom stereocenters. The molecule has 1 aromatic carbocycles. The van der Waals surface area contributed by atoms with E-state index < -0.39 is 0 Å². The Labute approximate surface area is 123 Å². The number of aromatic nitrogens is 4. The van der Waals surface area contributed by atoms with Crippen LogP contribution in [0.1, 0.15) is 10.4 Å². The van der Waals surface area contributed by atoms with E-state index in [2.05, 4.69) is 20.5 Å². The van der Waals surface area contributed by atoms with Gasteiger partial charge in [-0.15, -0.1) is 0 Å². The molecule has 7 heteroatoms. The number of nitrogens with zero attached hydrogens (tertiary/aromatic N) is 2. The summed E-state index contributed by atoms with van der Waals surface area (Å²) in [7, 11) is 0. The van der Waals surface area contributed by atoms with E-state index in [1.165, 1.54) is 10.6 Å². The number of pyridine rings is 1. The van der Waals surface area contributed by atoms with Crippen molar-refractivity contribution in [1.82, 2.24) is 19.6 Å². The smallest absolute Gasteiger partial charge is 0.347 e. The van der Waals surface area contributed by atoms with E-state index in [1.54, 1.807) is 12.1 Å². The van der Waals surface area contributed by atoms with Gasteiger partial charge in [0.1, 0.15) is 0 Å². The average Bonchev–Trinajstić information content (AvgIpc) is 3.15. The van der Waals surface area contributed by atoms with Crippen molar-refractivity contribution in [1.29, 1.82) is 0 Å². The number of H-pyrrole nitrogens is 2. The van der Waals surface area contributed by atoms with Gasteiger partial charge in [0, 0.05) is 23.3 Å². The highest BCUT2D eigenvalue weighted by atomic mass is 16.2. The molecule has 3 N–H and O–H groups in total. The van der Waals surface area contributed by atoms with Gasteiger partial charge >= 0.3 is 5.69 Å². The number of rotatable bonds is 2. The topological polar surface area (TPSA) is 95.0 Å². The van der Waals surface area contributed by atoms with Gasteiger partial charge in [0.2, 0.25) is 0 Å². The van der Waals surface area contributed by atoms with Gasteiger partial charge in [-0.3, -0.25) is 4.79 Å².